The number of rotatable bonds is 9. The number of hydrogen-bond acceptors (Lipinski definition) is 2. The Morgan fingerprint density at radius 2 is 1.69 bits per heavy atom. The van der Waals surface area contributed by atoms with Crippen molar-refractivity contribution in [2.24, 2.45) is 0 Å². The number of H-pyrrole nitrogens is 1. The number of hydrogen-bond donors (Lipinski definition) is 3. The van der Waals surface area contributed by atoms with Crippen LogP contribution in [0.5, 0.6) is 0 Å². The van der Waals surface area contributed by atoms with Crippen molar-refractivity contribution in [1.29, 1.82) is 0 Å². The van der Waals surface area contributed by atoms with Crippen LogP contribution in [-0.4, -0.2) is 28.9 Å². The van der Waals surface area contributed by atoms with E-state index in [1.54, 1.807) is 6.07 Å². The zero-order valence-electron chi connectivity index (χ0n) is 19.4. The van der Waals surface area contributed by atoms with E-state index in [0.29, 0.717) is 12.8 Å². The van der Waals surface area contributed by atoms with Gasteiger partial charge in [0.1, 0.15) is 11.9 Å². The minimum atomic E-state index is -0.639. The Labute approximate surface area is 203 Å². The average molecular weight is 470 g/mol. The van der Waals surface area contributed by atoms with Crippen LogP contribution in [0.4, 0.5) is 4.39 Å². The van der Waals surface area contributed by atoms with E-state index in [4.69, 9.17) is 0 Å². The van der Waals surface area contributed by atoms with Gasteiger partial charge in [-0.2, -0.15) is 0 Å². The summed E-state index contributed by atoms with van der Waals surface area (Å²) < 4.78 is 14.1. The summed E-state index contributed by atoms with van der Waals surface area (Å²) in [6.07, 6.45) is 3.00. The first-order valence-electron chi connectivity index (χ1n) is 12.1. The van der Waals surface area contributed by atoms with Crippen LogP contribution in [0.1, 0.15) is 30.4 Å². The highest BCUT2D eigenvalue weighted by atomic mass is 19.1. The first-order valence-corrected chi connectivity index (χ1v) is 12.1. The molecule has 35 heavy (non-hydrogen) atoms. The molecular weight excluding hydrogens is 441 g/mol. The van der Waals surface area contributed by atoms with Gasteiger partial charge >= 0.3 is 0 Å². The summed E-state index contributed by atoms with van der Waals surface area (Å²) in [6.45, 7) is 0. The molecule has 1 aromatic heterocycles. The molecule has 178 valence electrons. The zero-order valence-corrected chi connectivity index (χ0v) is 19.4. The molecule has 0 radical (unpaired) electrons. The number of amides is 2. The van der Waals surface area contributed by atoms with E-state index < -0.39 is 6.04 Å². The molecule has 3 N–H and O–H groups in total. The van der Waals surface area contributed by atoms with E-state index >= 15 is 0 Å². The van der Waals surface area contributed by atoms with Crippen molar-refractivity contribution < 1.29 is 14.0 Å². The minimum Gasteiger partial charge on any atom is -0.354 e. The van der Waals surface area contributed by atoms with E-state index in [-0.39, 0.29) is 30.1 Å². The lowest BCUT2D eigenvalue weighted by Crippen LogP contribution is -2.48. The summed E-state index contributed by atoms with van der Waals surface area (Å²) in [5.74, 6) is -0.674. The molecule has 0 saturated heterocycles. The molecule has 2 amide bonds. The highest BCUT2D eigenvalue weighted by molar-refractivity contribution is 5.92. The summed E-state index contributed by atoms with van der Waals surface area (Å²) in [6, 6.07) is 23.7. The Morgan fingerprint density at radius 3 is 2.40 bits per heavy atom. The third-order valence-electron chi connectivity index (χ3n) is 6.39. The van der Waals surface area contributed by atoms with Crippen LogP contribution in [-0.2, 0) is 22.4 Å². The third-order valence-corrected chi connectivity index (χ3v) is 6.39. The van der Waals surface area contributed by atoms with E-state index in [1.165, 1.54) is 12.1 Å². The van der Waals surface area contributed by atoms with Crippen molar-refractivity contribution in [3.05, 3.63) is 95.8 Å². The monoisotopic (exact) mass is 469 g/mol. The van der Waals surface area contributed by atoms with Gasteiger partial charge in [-0.05, 0) is 54.2 Å². The van der Waals surface area contributed by atoms with Gasteiger partial charge in [0.15, 0.2) is 0 Å². The Morgan fingerprint density at radius 1 is 0.971 bits per heavy atom. The van der Waals surface area contributed by atoms with E-state index in [2.05, 4.69) is 15.6 Å². The molecule has 1 fully saturated rings. The number of nitrogens with one attached hydrogen (secondary N) is 3. The van der Waals surface area contributed by atoms with E-state index in [0.717, 1.165) is 46.1 Å². The van der Waals surface area contributed by atoms with Gasteiger partial charge in [-0.3, -0.25) is 9.59 Å². The predicted molar refractivity (Wildman–Crippen MR) is 135 cm³/mol. The van der Waals surface area contributed by atoms with Gasteiger partial charge in [0.2, 0.25) is 11.8 Å². The molecule has 1 aliphatic carbocycles. The van der Waals surface area contributed by atoms with Crippen LogP contribution in [0, 0.1) is 5.82 Å². The smallest absolute Gasteiger partial charge is 0.243 e. The van der Waals surface area contributed by atoms with Crippen LogP contribution in [0.25, 0.3) is 22.2 Å². The van der Waals surface area contributed by atoms with Crippen LogP contribution >= 0.6 is 0 Å². The topological polar surface area (TPSA) is 74.0 Å². The lowest BCUT2D eigenvalue weighted by molar-refractivity contribution is -0.129. The number of aryl methyl sites for hydroxylation is 1. The van der Waals surface area contributed by atoms with Crippen molar-refractivity contribution in [1.82, 2.24) is 15.6 Å². The number of aromatic nitrogens is 1. The average Bonchev–Trinajstić information content (AvgIpc) is 3.62. The number of aromatic amines is 1. The molecule has 5 nitrogen and oxygen atoms in total. The van der Waals surface area contributed by atoms with Crippen molar-refractivity contribution in [3.8, 4) is 11.3 Å². The summed E-state index contributed by atoms with van der Waals surface area (Å²) in [5, 5.41) is 6.72. The van der Waals surface area contributed by atoms with Crippen molar-refractivity contribution in [2.45, 2.75) is 44.2 Å². The summed E-state index contributed by atoms with van der Waals surface area (Å²) in [4.78, 5) is 29.3. The highest BCUT2D eigenvalue weighted by Gasteiger charge is 2.28. The van der Waals surface area contributed by atoms with Gasteiger partial charge in [0.05, 0.1) is 0 Å². The maximum absolute atomic E-state index is 14.1. The van der Waals surface area contributed by atoms with Crippen LogP contribution in [0.3, 0.4) is 0 Å². The second-order valence-corrected chi connectivity index (χ2v) is 9.13. The molecular formula is C29H28FN3O2. The SMILES string of the molecule is O=C(CCc1c(-c2ccccc2)[nH]c2ccc(F)cc12)NC(Cc1ccccc1)C(=O)NC1CC1. The molecule has 0 spiro atoms. The maximum Gasteiger partial charge on any atom is 0.243 e. The van der Waals surface area contributed by atoms with Crippen molar-refractivity contribution >= 4 is 22.7 Å². The molecule has 1 unspecified atom stereocenters. The molecule has 6 heteroatoms. The van der Waals surface area contributed by atoms with Crippen LogP contribution in [0.15, 0.2) is 78.9 Å². The number of carbonyl (C=O) groups is 2. The standard InChI is InChI=1S/C29H28FN3O2/c30-21-11-15-25-24(18-21)23(28(33-25)20-9-5-2-6-10-20)14-16-27(34)32-26(29(35)31-22-12-13-22)17-19-7-3-1-4-8-19/h1-11,15,18,22,26,33H,12-14,16-17H2,(H,31,35)(H,32,34). The van der Waals surface area contributed by atoms with Gasteiger partial charge in [0, 0.05) is 35.5 Å². The molecule has 1 heterocycles. The number of carbonyl (C=O) groups excluding carboxylic acids is 2. The van der Waals surface area contributed by atoms with Gasteiger partial charge in [0.25, 0.3) is 0 Å². The van der Waals surface area contributed by atoms with Gasteiger partial charge in [-0.1, -0.05) is 60.7 Å². The lowest BCUT2D eigenvalue weighted by atomic mass is 10.0. The first-order chi connectivity index (χ1) is 17.1. The largest absolute Gasteiger partial charge is 0.354 e. The highest BCUT2D eigenvalue weighted by Crippen LogP contribution is 2.32. The Balaban J connectivity index is 1.34. The predicted octanol–water partition coefficient (Wildman–Crippen LogP) is 4.91. The van der Waals surface area contributed by atoms with Crippen molar-refractivity contribution in [3.63, 3.8) is 0 Å². The Bertz CT molecular complexity index is 1330. The second kappa shape index (κ2) is 10.1. The summed E-state index contributed by atoms with van der Waals surface area (Å²) >= 11 is 0. The fourth-order valence-corrected chi connectivity index (χ4v) is 4.42. The zero-order chi connectivity index (χ0) is 24.2. The normalized spacial score (nSPS) is 14.0. The summed E-state index contributed by atoms with van der Waals surface area (Å²) in [5.41, 5.74) is 4.56. The molecule has 0 bridgehead atoms. The lowest BCUT2D eigenvalue weighted by Gasteiger charge is -2.19. The Kier molecular flexibility index (Phi) is 6.62. The Hall–Kier alpha value is -3.93. The maximum atomic E-state index is 14.1. The quantitative estimate of drug-likeness (QED) is 0.326. The molecule has 5 rings (SSSR count). The van der Waals surface area contributed by atoms with Gasteiger partial charge in [-0.15, -0.1) is 0 Å². The van der Waals surface area contributed by atoms with Crippen LogP contribution in [0.2, 0.25) is 0 Å². The molecule has 0 aliphatic heterocycles. The molecule has 1 atom stereocenters. The van der Waals surface area contributed by atoms with Crippen LogP contribution < -0.4 is 10.6 Å². The van der Waals surface area contributed by atoms with Gasteiger partial charge in [-0.25, -0.2) is 4.39 Å². The first kappa shape index (κ1) is 22.8. The number of halogens is 1. The molecule has 3 aromatic carbocycles. The van der Waals surface area contributed by atoms with E-state index in [9.17, 15) is 14.0 Å². The third kappa shape index (κ3) is 5.60. The fraction of sp³-hybridized carbons (Fsp3) is 0.241. The van der Waals surface area contributed by atoms with Gasteiger partial charge < -0.3 is 15.6 Å². The molecule has 4 aromatic rings. The molecule has 1 aliphatic rings. The fourth-order valence-electron chi connectivity index (χ4n) is 4.42. The summed E-state index contributed by atoms with van der Waals surface area (Å²) in [7, 11) is 0. The van der Waals surface area contributed by atoms with E-state index in [1.807, 2.05) is 60.7 Å². The second-order valence-electron chi connectivity index (χ2n) is 9.13. The minimum absolute atomic E-state index is 0.149. The number of fused-ring (bicyclic) bond motifs is 1. The van der Waals surface area contributed by atoms with Crippen molar-refractivity contribution in [2.75, 3.05) is 0 Å². The number of benzene rings is 3. The molecule has 1 saturated carbocycles.